The number of carbonyl (C=O) groups is 1. The van der Waals surface area contributed by atoms with Crippen LogP contribution in [0.25, 0.3) is 0 Å². The molecule has 1 heterocycles. The highest BCUT2D eigenvalue weighted by Crippen LogP contribution is 2.47. The molecule has 2 fully saturated rings. The molecule has 0 aliphatic heterocycles. The van der Waals surface area contributed by atoms with E-state index < -0.39 is 0 Å². The van der Waals surface area contributed by atoms with Crippen molar-refractivity contribution in [3.63, 3.8) is 0 Å². The van der Waals surface area contributed by atoms with Gasteiger partial charge in [-0.25, -0.2) is 4.98 Å². The minimum absolute atomic E-state index is 0.0247. The van der Waals surface area contributed by atoms with E-state index in [0.717, 1.165) is 12.1 Å². The van der Waals surface area contributed by atoms with Gasteiger partial charge in [0.1, 0.15) is 0 Å². The largest absolute Gasteiger partial charge is 0.350 e. The van der Waals surface area contributed by atoms with Gasteiger partial charge >= 0.3 is 0 Å². The molecule has 1 aromatic heterocycles. The number of carbonyl (C=O) groups excluding carboxylic acids is 1. The lowest BCUT2D eigenvalue weighted by Gasteiger charge is -2.26. The summed E-state index contributed by atoms with van der Waals surface area (Å²) < 4.78 is 0. The first kappa shape index (κ1) is 10.8. The lowest BCUT2D eigenvalue weighted by molar-refractivity contribution is -0.127. The van der Waals surface area contributed by atoms with Crippen molar-refractivity contribution in [1.29, 1.82) is 0 Å². The van der Waals surface area contributed by atoms with Gasteiger partial charge in [0.2, 0.25) is 5.91 Å². The molecule has 1 aromatic rings. The van der Waals surface area contributed by atoms with Crippen LogP contribution in [0.2, 0.25) is 0 Å². The molecule has 5 nitrogen and oxygen atoms in total. The minimum atomic E-state index is 0.0247. The second-order valence-corrected chi connectivity index (χ2v) is 5.23. The first-order valence-electron chi connectivity index (χ1n) is 6.26. The Morgan fingerprint density at radius 1 is 1.53 bits per heavy atom. The molecule has 2 saturated carbocycles. The van der Waals surface area contributed by atoms with Crippen LogP contribution in [0.4, 0.5) is 0 Å². The zero-order valence-electron chi connectivity index (χ0n) is 9.73. The monoisotopic (exact) mass is 234 g/mol. The van der Waals surface area contributed by atoms with Crippen LogP contribution in [0.15, 0.2) is 12.5 Å². The SMILES string of the molecule is NC1C2CCC(C2)C1C(=O)NCc1cnc[nH]1. The number of nitrogens with one attached hydrogen (secondary N) is 2. The van der Waals surface area contributed by atoms with Gasteiger partial charge in [-0.2, -0.15) is 0 Å². The van der Waals surface area contributed by atoms with Crippen LogP contribution in [0.5, 0.6) is 0 Å². The maximum absolute atomic E-state index is 12.1. The molecular formula is C12H18N4O. The van der Waals surface area contributed by atoms with Gasteiger partial charge in [-0.05, 0) is 31.1 Å². The Bertz CT molecular complexity index is 401. The van der Waals surface area contributed by atoms with Gasteiger partial charge in [0.25, 0.3) is 0 Å². The third-order valence-electron chi connectivity index (χ3n) is 4.29. The summed E-state index contributed by atoms with van der Waals surface area (Å²) >= 11 is 0. The lowest BCUT2D eigenvalue weighted by Crippen LogP contribution is -2.45. The number of aromatic amines is 1. The smallest absolute Gasteiger partial charge is 0.225 e. The Kier molecular flexibility index (Phi) is 2.63. The quantitative estimate of drug-likeness (QED) is 0.707. The van der Waals surface area contributed by atoms with Crippen molar-refractivity contribution in [2.24, 2.45) is 23.5 Å². The predicted molar refractivity (Wildman–Crippen MR) is 62.7 cm³/mol. The van der Waals surface area contributed by atoms with Gasteiger partial charge in [-0.15, -0.1) is 0 Å². The molecule has 1 amide bonds. The summed E-state index contributed by atoms with van der Waals surface area (Å²) in [4.78, 5) is 19.0. The van der Waals surface area contributed by atoms with E-state index in [0.29, 0.717) is 18.4 Å². The fourth-order valence-electron chi connectivity index (χ4n) is 3.41. The van der Waals surface area contributed by atoms with Crippen LogP contribution in [0.3, 0.4) is 0 Å². The molecule has 0 spiro atoms. The fraction of sp³-hybridized carbons (Fsp3) is 0.667. The molecule has 2 bridgehead atoms. The molecule has 4 unspecified atom stereocenters. The molecule has 2 aliphatic rings. The van der Waals surface area contributed by atoms with Gasteiger partial charge in [-0.3, -0.25) is 4.79 Å². The van der Waals surface area contributed by atoms with Crippen molar-refractivity contribution in [2.75, 3.05) is 0 Å². The molecule has 5 heteroatoms. The molecule has 17 heavy (non-hydrogen) atoms. The number of rotatable bonds is 3. The third kappa shape index (κ3) is 1.84. The van der Waals surface area contributed by atoms with E-state index in [9.17, 15) is 4.79 Å². The Morgan fingerprint density at radius 3 is 3.00 bits per heavy atom. The van der Waals surface area contributed by atoms with Crippen molar-refractivity contribution in [2.45, 2.75) is 31.8 Å². The van der Waals surface area contributed by atoms with Crippen LogP contribution < -0.4 is 11.1 Å². The van der Waals surface area contributed by atoms with Gasteiger partial charge < -0.3 is 16.0 Å². The first-order valence-corrected chi connectivity index (χ1v) is 6.26. The number of amides is 1. The number of fused-ring (bicyclic) bond motifs is 2. The van der Waals surface area contributed by atoms with Crippen molar-refractivity contribution in [1.82, 2.24) is 15.3 Å². The zero-order chi connectivity index (χ0) is 11.8. The van der Waals surface area contributed by atoms with Gasteiger partial charge in [0, 0.05) is 12.2 Å². The maximum atomic E-state index is 12.1. The molecule has 4 atom stereocenters. The van der Waals surface area contributed by atoms with Crippen LogP contribution in [0, 0.1) is 17.8 Å². The fourth-order valence-corrected chi connectivity index (χ4v) is 3.41. The Morgan fingerprint density at radius 2 is 2.35 bits per heavy atom. The minimum Gasteiger partial charge on any atom is -0.350 e. The van der Waals surface area contributed by atoms with E-state index in [4.69, 9.17) is 5.73 Å². The van der Waals surface area contributed by atoms with Gasteiger partial charge in [0.05, 0.1) is 24.5 Å². The number of H-pyrrole nitrogens is 1. The van der Waals surface area contributed by atoms with Crippen LogP contribution in [-0.2, 0) is 11.3 Å². The molecule has 2 aliphatic carbocycles. The number of nitrogens with zero attached hydrogens (tertiary/aromatic N) is 1. The lowest BCUT2D eigenvalue weighted by atomic mass is 9.84. The Balaban J connectivity index is 1.59. The summed E-state index contributed by atoms with van der Waals surface area (Å²) in [7, 11) is 0. The predicted octanol–water partition coefficient (Wildman–Crippen LogP) is 0.399. The van der Waals surface area contributed by atoms with E-state index in [1.54, 1.807) is 12.5 Å². The summed E-state index contributed by atoms with van der Waals surface area (Å²) in [6, 6.07) is 0.0653. The summed E-state index contributed by atoms with van der Waals surface area (Å²) in [6.45, 7) is 0.513. The second kappa shape index (κ2) is 4.14. The summed E-state index contributed by atoms with van der Waals surface area (Å²) in [5.41, 5.74) is 7.06. The van der Waals surface area contributed by atoms with Crippen LogP contribution in [0.1, 0.15) is 25.0 Å². The Labute approximate surface area is 100 Å². The molecule has 4 N–H and O–H groups in total. The summed E-state index contributed by atoms with van der Waals surface area (Å²) in [5.74, 6) is 1.22. The normalized spacial score (nSPS) is 35.1. The van der Waals surface area contributed by atoms with Crippen molar-refractivity contribution in [3.05, 3.63) is 18.2 Å². The number of hydrogen-bond donors (Lipinski definition) is 3. The van der Waals surface area contributed by atoms with Crippen LogP contribution in [-0.4, -0.2) is 21.9 Å². The molecule has 0 saturated heterocycles. The Hall–Kier alpha value is -1.36. The summed E-state index contributed by atoms with van der Waals surface area (Å²) in [6.07, 6.45) is 6.85. The number of imidazole rings is 1. The highest BCUT2D eigenvalue weighted by molar-refractivity contribution is 5.80. The van der Waals surface area contributed by atoms with E-state index in [2.05, 4.69) is 15.3 Å². The molecule has 3 rings (SSSR count). The highest BCUT2D eigenvalue weighted by atomic mass is 16.1. The summed E-state index contributed by atoms with van der Waals surface area (Å²) in [5, 5.41) is 2.95. The van der Waals surface area contributed by atoms with Crippen LogP contribution >= 0.6 is 0 Å². The number of aromatic nitrogens is 2. The van der Waals surface area contributed by atoms with E-state index in [-0.39, 0.29) is 17.9 Å². The third-order valence-corrected chi connectivity index (χ3v) is 4.29. The van der Waals surface area contributed by atoms with Crippen molar-refractivity contribution in [3.8, 4) is 0 Å². The average molecular weight is 234 g/mol. The molecule has 0 aromatic carbocycles. The van der Waals surface area contributed by atoms with Crippen molar-refractivity contribution >= 4 is 5.91 Å². The molecule has 92 valence electrons. The molecular weight excluding hydrogens is 216 g/mol. The van der Waals surface area contributed by atoms with E-state index in [1.807, 2.05) is 0 Å². The highest BCUT2D eigenvalue weighted by Gasteiger charge is 2.48. The number of nitrogens with two attached hydrogens (primary N) is 1. The average Bonchev–Trinajstić information content (AvgIpc) is 3.02. The zero-order valence-corrected chi connectivity index (χ0v) is 9.73. The van der Waals surface area contributed by atoms with Crippen molar-refractivity contribution < 1.29 is 4.79 Å². The maximum Gasteiger partial charge on any atom is 0.225 e. The standard InChI is InChI=1S/C12H18N4O/c13-11-8-2-1-7(3-8)10(11)12(17)15-5-9-4-14-6-16-9/h4,6-8,10-11H,1-3,5,13H2,(H,14,16)(H,15,17). The number of hydrogen-bond acceptors (Lipinski definition) is 3. The van der Waals surface area contributed by atoms with Gasteiger partial charge in [-0.1, -0.05) is 0 Å². The first-order chi connectivity index (χ1) is 8.25. The van der Waals surface area contributed by atoms with E-state index >= 15 is 0 Å². The molecule has 0 radical (unpaired) electrons. The van der Waals surface area contributed by atoms with Gasteiger partial charge in [0.15, 0.2) is 0 Å². The topological polar surface area (TPSA) is 83.8 Å². The second-order valence-electron chi connectivity index (χ2n) is 5.23. The van der Waals surface area contributed by atoms with E-state index in [1.165, 1.54) is 12.8 Å².